The van der Waals surface area contributed by atoms with Crippen molar-refractivity contribution in [2.45, 2.75) is 51.9 Å². The highest BCUT2D eigenvalue weighted by molar-refractivity contribution is 5.83. The Hall–Kier alpha value is -2.41. The predicted octanol–water partition coefficient (Wildman–Crippen LogP) is 1.30. The Morgan fingerprint density at radius 1 is 1.16 bits per heavy atom. The standard InChI is InChI=1S/C18H26N2O5/c1-18(2,3)25-17(23)14(19)9-10-15(21)20-11-16(22)24-12-13-7-5-4-6-8-13/h4-8,14H,9-12,19H2,1-3H3,(H,20,21). The molecule has 1 atom stereocenters. The number of nitrogens with one attached hydrogen (secondary N) is 1. The second-order valence-electron chi connectivity index (χ2n) is 6.60. The molecule has 1 unspecified atom stereocenters. The van der Waals surface area contributed by atoms with E-state index in [-0.39, 0.29) is 31.9 Å². The third-order valence-electron chi connectivity index (χ3n) is 3.06. The summed E-state index contributed by atoms with van der Waals surface area (Å²) in [7, 11) is 0. The second kappa shape index (κ2) is 9.78. The number of ether oxygens (including phenoxy) is 2. The van der Waals surface area contributed by atoms with Crippen molar-refractivity contribution in [2.75, 3.05) is 6.54 Å². The number of carbonyl (C=O) groups is 3. The van der Waals surface area contributed by atoms with Gasteiger partial charge in [0.05, 0.1) is 0 Å². The van der Waals surface area contributed by atoms with Gasteiger partial charge in [0, 0.05) is 6.42 Å². The van der Waals surface area contributed by atoms with Gasteiger partial charge in [-0.05, 0) is 32.8 Å². The zero-order valence-electron chi connectivity index (χ0n) is 14.9. The minimum Gasteiger partial charge on any atom is -0.460 e. The molecule has 25 heavy (non-hydrogen) atoms. The Kier molecular flexibility index (Phi) is 8.07. The van der Waals surface area contributed by atoms with Gasteiger partial charge >= 0.3 is 11.9 Å². The average Bonchev–Trinajstić information content (AvgIpc) is 2.55. The van der Waals surface area contributed by atoms with Crippen LogP contribution in [0.2, 0.25) is 0 Å². The molecule has 0 saturated carbocycles. The van der Waals surface area contributed by atoms with E-state index in [2.05, 4.69) is 5.32 Å². The molecule has 138 valence electrons. The Morgan fingerprint density at radius 3 is 2.40 bits per heavy atom. The summed E-state index contributed by atoms with van der Waals surface area (Å²) in [6.07, 6.45) is 0.159. The van der Waals surface area contributed by atoms with Crippen LogP contribution in [-0.2, 0) is 30.5 Å². The third kappa shape index (κ3) is 9.46. The smallest absolute Gasteiger partial charge is 0.325 e. The maximum absolute atomic E-state index is 11.7. The zero-order chi connectivity index (χ0) is 18.9. The summed E-state index contributed by atoms with van der Waals surface area (Å²) >= 11 is 0. The van der Waals surface area contributed by atoms with Gasteiger partial charge in [0.15, 0.2) is 0 Å². The largest absolute Gasteiger partial charge is 0.460 e. The molecule has 0 heterocycles. The van der Waals surface area contributed by atoms with E-state index < -0.39 is 23.6 Å². The first kappa shape index (κ1) is 20.6. The summed E-state index contributed by atoms with van der Waals surface area (Å²) in [6, 6.07) is 8.36. The van der Waals surface area contributed by atoms with Crippen LogP contribution in [-0.4, -0.2) is 36.0 Å². The molecule has 7 heteroatoms. The molecule has 0 aromatic heterocycles. The molecular weight excluding hydrogens is 324 g/mol. The van der Waals surface area contributed by atoms with Gasteiger partial charge in [-0.15, -0.1) is 0 Å². The van der Waals surface area contributed by atoms with Crippen molar-refractivity contribution in [1.82, 2.24) is 5.32 Å². The molecule has 0 aliphatic carbocycles. The molecule has 0 spiro atoms. The number of rotatable bonds is 8. The minimum absolute atomic E-state index is 0.0202. The monoisotopic (exact) mass is 350 g/mol. The molecule has 0 aliphatic heterocycles. The lowest BCUT2D eigenvalue weighted by atomic mass is 10.1. The SMILES string of the molecule is CC(C)(C)OC(=O)C(N)CCC(=O)NCC(=O)OCc1ccccc1. The van der Waals surface area contributed by atoms with Crippen molar-refractivity contribution >= 4 is 17.8 Å². The van der Waals surface area contributed by atoms with Crippen LogP contribution in [0.3, 0.4) is 0 Å². The van der Waals surface area contributed by atoms with Gasteiger partial charge in [0.25, 0.3) is 0 Å². The van der Waals surface area contributed by atoms with Gasteiger partial charge in [-0.2, -0.15) is 0 Å². The highest BCUT2D eigenvalue weighted by Crippen LogP contribution is 2.09. The lowest BCUT2D eigenvalue weighted by Crippen LogP contribution is -2.38. The zero-order valence-corrected chi connectivity index (χ0v) is 14.9. The number of nitrogens with two attached hydrogens (primary N) is 1. The fourth-order valence-electron chi connectivity index (χ4n) is 1.83. The summed E-state index contributed by atoms with van der Waals surface area (Å²) < 4.78 is 10.2. The van der Waals surface area contributed by atoms with Crippen molar-refractivity contribution in [3.63, 3.8) is 0 Å². The molecule has 0 saturated heterocycles. The van der Waals surface area contributed by atoms with E-state index in [1.54, 1.807) is 20.8 Å². The van der Waals surface area contributed by atoms with Gasteiger partial charge in [0.1, 0.15) is 24.8 Å². The number of benzene rings is 1. The molecule has 0 radical (unpaired) electrons. The van der Waals surface area contributed by atoms with Gasteiger partial charge in [-0.25, -0.2) is 0 Å². The highest BCUT2D eigenvalue weighted by atomic mass is 16.6. The number of hydrogen-bond donors (Lipinski definition) is 2. The van der Waals surface area contributed by atoms with E-state index in [1.807, 2.05) is 30.3 Å². The van der Waals surface area contributed by atoms with Crippen LogP contribution < -0.4 is 11.1 Å². The minimum atomic E-state index is -0.880. The first-order chi connectivity index (χ1) is 11.7. The van der Waals surface area contributed by atoms with Crippen LogP contribution in [0.4, 0.5) is 0 Å². The summed E-state index contributed by atoms with van der Waals surface area (Å²) in [5.74, 6) is -1.47. The van der Waals surface area contributed by atoms with E-state index in [4.69, 9.17) is 15.2 Å². The predicted molar refractivity (Wildman–Crippen MR) is 92.3 cm³/mol. The quantitative estimate of drug-likeness (QED) is 0.684. The van der Waals surface area contributed by atoms with E-state index in [0.717, 1.165) is 5.56 Å². The Balaban J connectivity index is 2.21. The topological polar surface area (TPSA) is 108 Å². The molecule has 0 aliphatic rings. The number of hydrogen-bond acceptors (Lipinski definition) is 6. The summed E-state index contributed by atoms with van der Waals surface area (Å²) in [6.45, 7) is 5.15. The van der Waals surface area contributed by atoms with E-state index in [1.165, 1.54) is 0 Å². The number of amides is 1. The van der Waals surface area contributed by atoms with Gasteiger partial charge in [-0.3, -0.25) is 14.4 Å². The van der Waals surface area contributed by atoms with Gasteiger partial charge < -0.3 is 20.5 Å². The summed E-state index contributed by atoms with van der Waals surface area (Å²) in [5.41, 5.74) is 5.94. The molecular formula is C18H26N2O5. The molecule has 1 aromatic rings. The Bertz CT molecular complexity index is 581. The maximum Gasteiger partial charge on any atom is 0.325 e. The van der Waals surface area contributed by atoms with Crippen molar-refractivity contribution in [3.8, 4) is 0 Å². The molecule has 3 N–H and O–H groups in total. The number of esters is 2. The van der Waals surface area contributed by atoms with Crippen molar-refractivity contribution in [3.05, 3.63) is 35.9 Å². The summed E-state index contributed by atoms with van der Waals surface area (Å²) in [4.78, 5) is 35.0. The normalized spacial score (nSPS) is 12.2. The lowest BCUT2D eigenvalue weighted by molar-refractivity contribution is -0.156. The first-order valence-electron chi connectivity index (χ1n) is 8.12. The highest BCUT2D eigenvalue weighted by Gasteiger charge is 2.22. The first-order valence-corrected chi connectivity index (χ1v) is 8.12. The van der Waals surface area contributed by atoms with E-state index in [0.29, 0.717) is 0 Å². The van der Waals surface area contributed by atoms with Crippen LogP contribution >= 0.6 is 0 Å². The molecule has 0 fully saturated rings. The number of carbonyl (C=O) groups excluding carboxylic acids is 3. The molecule has 1 amide bonds. The Morgan fingerprint density at radius 2 is 1.80 bits per heavy atom. The van der Waals surface area contributed by atoms with Crippen molar-refractivity contribution in [1.29, 1.82) is 0 Å². The van der Waals surface area contributed by atoms with Crippen molar-refractivity contribution in [2.24, 2.45) is 5.73 Å². The fourth-order valence-corrected chi connectivity index (χ4v) is 1.83. The van der Waals surface area contributed by atoms with Crippen LogP contribution in [0.15, 0.2) is 30.3 Å². The van der Waals surface area contributed by atoms with Crippen LogP contribution in [0.5, 0.6) is 0 Å². The second-order valence-corrected chi connectivity index (χ2v) is 6.60. The molecule has 1 aromatic carbocycles. The fraction of sp³-hybridized carbons (Fsp3) is 0.500. The molecule has 1 rings (SSSR count). The molecule has 7 nitrogen and oxygen atoms in total. The average molecular weight is 350 g/mol. The van der Waals surface area contributed by atoms with E-state index >= 15 is 0 Å². The van der Waals surface area contributed by atoms with Crippen LogP contribution in [0.25, 0.3) is 0 Å². The summed E-state index contributed by atoms with van der Waals surface area (Å²) in [5, 5.41) is 2.44. The maximum atomic E-state index is 11.7. The van der Waals surface area contributed by atoms with Crippen molar-refractivity contribution < 1.29 is 23.9 Å². The van der Waals surface area contributed by atoms with E-state index in [9.17, 15) is 14.4 Å². The van der Waals surface area contributed by atoms with Gasteiger partial charge in [-0.1, -0.05) is 30.3 Å². The molecule has 0 bridgehead atoms. The lowest BCUT2D eigenvalue weighted by Gasteiger charge is -2.22. The van der Waals surface area contributed by atoms with Crippen LogP contribution in [0.1, 0.15) is 39.2 Å². The third-order valence-corrected chi connectivity index (χ3v) is 3.06. The van der Waals surface area contributed by atoms with Crippen LogP contribution in [0, 0.1) is 0 Å². The van der Waals surface area contributed by atoms with Gasteiger partial charge in [0.2, 0.25) is 5.91 Å². The Labute approximate surface area is 147 Å².